The maximum absolute atomic E-state index is 12.4. The largest absolute Gasteiger partial charge is 0.417 e. The molecule has 0 aromatic heterocycles. The van der Waals surface area contributed by atoms with E-state index in [0.29, 0.717) is 45.7 Å². The van der Waals surface area contributed by atoms with Gasteiger partial charge in [0, 0.05) is 19.6 Å². The lowest BCUT2D eigenvalue weighted by molar-refractivity contribution is -0.163. The third-order valence-corrected chi connectivity index (χ3v) is 19.6. The minimum Gasteiger partial charge on any atom is -0.417 e. The lowest BCUT2D eigenvalue weighted by atomic mass is 9.87. The Hall–Kier alpha value is -1.37. The maximum Gasteiger partial charge on any atom is 0.192 e. The van der Waals surface area contributed by atoms with E-state index in [1.165, 1.54) is 0 Å². The SMILES string of the molecule is CC(C)(C)[Si](C)(C)OCCC[C@H]1O[C@@H](CCOCc2ccccc2)[C@H](OCc2ccccc2)C[C@@H](O[Si](C)(C)C(C)(C)C)[C@]1(C)O. The zero-order valence-electron chi connectivity index (χ0n) is 30.7. The number of ether oxygens (including phenoxy) is 3. The lowest BCUT2D eigenvalue weighted by Gasteiger charge is -2.45. The van der Waals surface area contributed by atoms with Gasteiger partial charge in [-0.15, -0.1) is 0 Å². The molecule has 1 saturated heterocycles. The zero-order chi connectivity index (χ0) is 34.2. The first kappa shape index (κ1) is 39.1. The molecule has 0 bridgehead atoms. The van der Waals surface area contributed by atoms with Gasteiger partial charge in [-0.1, -0.05) is 102 Å². The second-order valence-electron chi connectivity index (χ2n) is 16.4. The van der Waals surface area contributed by atoms with E-state index in [1.807, 2.05) is 43.3 Å². The van der Waals surface area contributed by atoms with Crippen molar-refractivity contribution in [2.75, 3.05) is 13.2 Å². The van der Waals surface area contributed by atoms with Crippen molar-refractivity contribution < 1.29 is 28.2 Å². The summed E-state index contributed by atoms with van der Waals surface area (Å²) in [6, 6.07) is 20.5. The Bertz CT molecular complexity index is 1160. The van der Waals surface area contributed by atoms with E-state index < -0.39 is 34.4 Å². The lowest BCUT2D eigenvalue weighted by Crippen LogP contribution is -2.56. The van der Waals surface area contributed by atoms with Gasteiger partial charge in [-0.2, -0.15) is 0 Å². The molecule has 0 saturated carbocycles. The van der Waals surface area contributed by atoms with Gasteiger partial charge < -0.3 is 28.2 Å². The van der Waals surface area contributed by atoms with Crippen molar-refractivity contribution in [1.82, 2.24) is 0 Å². The molecule has 0 spiro atoms. The van der Waals surface area contributed by atoms with Gasteiger partial charge in [-0.05, 0) is 73.6 Å². The van der Waals surface area contributed by atoms with Crippen LogP contribution in [0.3, 0.4) is 0 Å². The van der Waals surface area contributed by atoms with Crippen molar-refractivity contribution in [3.05, 3.63) is 71.8 Å². The van der Waals surface area contributed by atoms with Crippen molar-refractivity contribution in [2.24, 2.45) is 0 Å². The van der Waals surface area contributed by atoms with Crippen LogP contribution in [0, 0.1) is 0 Å². The first-order valence-corrected chi connectivity index (χ1v) is 23.1. The Morgan fingerprint density at radius 3 is 1.87 bits per heavy atom. The summed E-state index contributed by atoms with van der Waals surface area (Å²) in [5.41, 5.74) is 1.05. The summed E-state index contributed by atoms with van der Waals surface area (Å²) in [7, 11) is -4.12. The van der Waals surface area contributed by atoms with Gasteiger partial charge in [0.25, 0.3) is 0 Å². The average Bonchev–Trinajstić information content (AvgIpc) is 3.06. The summed E-state index contributed by atoms with van der Waals surface area (Å²) in [5.74, 6) is 0. The van der Waals surface area contributed by atoms with Crippen molar-refractivity contribution in [1.29, 1.82) is 0 Å². The summed E-state index contributed by atoms with van der Waals surface area (Å²) < 4.78 is 33.4. The highest BCUT2D eigenvalue weighted by Gasteiger charge is 2.51. The molecule has 1 N–H and O–H groups in total. The summed E-state index contributed by atoms with van der Waals surface area (Å²) in [6.07, 6.45) is 1.28. The van der Waals surface area contributed by atoms with Crippen molar-refractivity contribution in [3.63, 3.8) is 0 Å². The average molecular weight is 673 g/mol. The van der Waals surface area contributed by atoms with Gasteiger partial charge in [0.15, 0.2) is 16.6 Å². The van der Waals surface area contributed by atoms with E-state index in [0.717, 1.165) is 17.5 Å². The van der Waals surface area contributed by atoms with Gasteiger partial charge in [0.1, 0.15) is 5.60 Å². The fourth-order valence-electron chi connectivity index (χ4n) is 5.29. The fourth-order valence-corrected chi connectivity index (χ4v) is 7.78. The van der Waals surface area contributed by atoms with Crippen LogP contribution in [0.15, 0.2) is 60.7 Å². The standard InChI is InChI=1S/C38H64O6Si2/c1-36(2,3)45(8,9)42-25-18-23-34-38(7,39)35(44-46(10,11)37(4,5)6)27-33(41-29-31-21-16-13-17-22-31)32(43-34)24-26-40-28-30-19-14-12-15-20-30/h12-17,19-22,32-35,39H,18,23-29H2,1-11H3/t32-,33+,34+,35+,38+/m0/s1. The third kappa shape index (κ3) is 11.1. The highest BCUT2D eigenvalue weighted by atomic mass is 28.4. The van der Waals surface area contributed by atoms with E-state index in [2.05, 4.69) is 92.0 Å². The van der Waals surface area contributed by atoms with Crippen LogP contribution in [0.25, 0.3) is 0 Å². The van der Waals surface area contributed by atoms with E-state index >= 15 is 0 Å². The van der Waals surface area contributed by atoms with E-state index in [1.54, 1.807) is 0 Å². The second-order valence-corrected chi connectivity index (χ2v) is 26.0. The van der Waals surface area contributed by atoms with Crippen LogP contribution in [0.2, 0.25) is 36.3 Å². The van der Waals surface area contributed by atoms with Gasteiger partial charge in [-0.25, -0.2) is 0 Å². The molecule has 260 valence electrons. The Kier molecular flexibility index (Phi) is 13.9. The molecule has 6 nitrogen and oxygen atoms in total. The van der Waals surface area contributed by atoms with Crippen LogP contribution in [-0.4, -0.2) is 65.0 Å². The quantitative estimate of drug-likeness (QED) is 0.150. The van der Waals surface area contributed by atoms with Crippen LogP contribution < -0.4 is 0 Å². The molecule has 0 amide bonds. The third-order valence-electron chi connectivity index (χ3n) is 10.6. The van der Waals surface area contributed by atoms with Crippen molar-refractivity contribution in [2.45, 2.75) is 154 Å². The predicted molar refractivity (Wildman–Crippen MR) is 194 cm³/mol. The first-order chi connectivity index (χ1) is 21.3. The monoisotopic (exact) mass is 672 g/mol. The normalized spacial score (nSPS) is 25.0. The molecule has 1 aliphatic rings. The molecule has 1 fully saturated rings. The van der Waals surface area contributed by atoms with Crippen LogP contribution in [0.4, 0.5) is 0 Å². The number of benzene rings is 2. The van der Waals surface area contributed by atoms with E-state index in [4.69, 9.17) is 23.1 Å². The van der Waals surface area contributed by atoms with Gasteiger partial charge in [0.2, 0.25) is 0 Å². The summed E-state index contributed by atoms with van der Waals surface area (Å²) in [5, 5.41) is 12.5. The predicted octanol–water partition coefficient (Wildman–Crippen LogP) is 9.28. The molecule has 8 heteroatoms. The molecule has 5 atom stereocenters. The molecule has 1 aliphatic heterocycles. The van der Waals surface area contributed by atoms with E-state index in [-0.39, 0.29) is 22.3 Å². The zero-order valence-corrected chi connectivity index (χ0v) is 32.7. The topological polar surface area (TPSA) is 66.4 Å². The molecular weight excluding hydrogens is 609 g/mol. The Balaban J connectivity index is 1.86. The molecule has 0 radical (unpaired) electrons. The molecule has 2 aromatic rings. The van der Waals surface area contributed by atoms with Gasteiger partial charge in [-0.3, -0.25) is 0 Å². The molecule has 0 aliphatic carbocycles. The minimum absolute atomic E-state index is 0.00613. The van der Waals surface area contributed by atoms with Gasteiger partial charge in [0.05, 0.1) is 37.6 Å². The summed E-state index contributed by atoms with van der Waals surface area (Å²) >= 11 is 0. The Morgan fingerprint density at radius 1 is 0.783 bits per heavy atom. The van der Waals surface area contributed by atoms with Crippen LogP contribution >= 0.6 is 0 Å². The minimum atomic E-state index is -2.24. The number of rotatable bonds is 15. The van der Waals surface area contributed by atoms with Crippen LogP contribution in [0.1, 0.15) is 85.3 Å². The van der Waals surface area contributed by atoms with Gasteiger partial charge >= 0.3 is 0 Å². The molecular formula is C38H64O6Si2. The summed E-state index contributed by atoms with van der Waals surface area (Å²) in [6.45, 7) is 26.7. The van der Waals surface area contributed by atoms with Crippen molar-refractivity contribution in [3.8, 4) is 0 Å². The Labute approximate surface area is 282 Å². The van der Waals surface area contributed by atoms with E-state index in [9.17, 15) is 5.11 Å². The second kappa shape index (κ2) is 16.4. The summed E-state index contributed by atoms with van der Waals surface area (Å²) in [4.78, 5) is 0. The molecule has 2 aromatic carbocycles. The smallest absolute Gasteiger partial charge is 0.192 e. The molecule has 3 rings (SSSR count). The maximum atomic E-state index is 12.4. The highest BCUT2D eigenvalue weighted by molar-refractivity contribution is 6.74. The number of hydrogen-bond acceptors (Lipinski definition) is 6. The van der Waals surface area contributed by atoms with Crippen molar-refractivity contribution >= 4 is 16.6 Å². The fraction of sp³-hybridized carbons (Fsp3) is 0.684. The number of hydrogen-bond donors (Lipinski definition) is 1. The molecule has 1 heterocycles. The van der Waals surface area contributed by atoms with Crippen LogP contribution in [0.5, 0.6) is 0 Å². The first-order valence-electron chi connectivity index (χ1n) is 17.3. The number of aliphatic hydroxyl groups is 1. The Morgan fingerprint density at radius 2 is 1.33 bits per heavy atom. The van der Waals surface area contributed by atoms with Crippen LogP contribution in [-0.2, 0) is 36.3 Å². The highest BCUT2D eigenvalue weighted by Crippen LogP contribution is 2.43. The molecule has 0 unspecified atom stereocenters. The molecule has 46 heavy (non-hydrogen) atoms.